The molecule has 3 rings (SSSR count). The molecule has 0 spiro atoms. The number of aryl methyl sites for hydroxylation is 2. The van der Waals surface area contributed by atoms with Gasteiger partial charge in [-0.05, 0) is 80.5 Å². The maximum Gasteiger partial charge on any atom is 0.337 e. The van der Waals surface area contributed by atoms with Crippen LogP contribution in [0.2, 0.25) is 0 Å². The van der Waals surface area contributed by atoms with E-state index in [2.05, 4.69) is 10.1 Å². The van der Waals surface area contributed by atoms with Gasteiger partial charge in [0.1, 0.15) is 0 Å². The van der Waals surface area contributed by atoms with Crippen LogP contribution in [-0.4, -0.2) is 44.8 Å². The van der Waals surface area contributed by atoms with Crippen LogP contribution in [0.4, 0.5) is 0 Å². The lowest BCUT2D eigenvalue weighted by Crippen LogP contribution is -2.43. The number of carbonyl (C=O) groups excluding carboxylic acids is 2. The predicted octanol–water partition coefficient (Wildman–Crippen LogP) is 3.42. The number of rotatable bonds is 6. The van der Waals surface area contributed by atoms with Crippen LogP contribution in [0.3, 0.4) is 0 Å². The Kier molecular flexibility index (Phi) is 7.59. The molecule has 178 valence electrons. The van der Waals surface area contributed by atoms with E-state index in [9.17, 15) is 18.0 Å². The second-order valence-electron chi connectivity index (χ2n) is 8.67. The molecule has 0 bridgehead atoms. The summed E-state index contributed by atoms with van der Waals surface area (Å²) < 4.78 is 33.0. The van der Waals surface area contributed by atoms with Gasteiger partial charge in [-0.15, -0.1) is 0 Å². The quantitative estimate of drug-likeness (QED) is 0.651. The van der Waals surface area contributed by atoms with Crippen LogP contribution in [-0.2, 0) is 26.1 Å². The third kappa shape index (κ3) is 5.28. The molecular weight excluding hydrogens is 440 g/mol. The lowest BCUT2D eigenvalue weighted by molar-refractivity contribution is -0.126. The van der Waals surface area contributed by atoms with Gasteiger partial charge in [-0.1, -0.05) is 18.2 Å². The average molecular weight is 473 g/mol. The molecule has 1 amide bonds. The Balaban J connectivity index is 1.60. The largest absolute Gasteiger partial charge is 0.465 e. The normalized spacial score (nSPS) is 15.3. The standard InChI is InChI=1S/C25H32N2O5S/c1-16-14-17(2)19(4)23(18(16)3)33(30,31)27-12-10-21(11-13-27)24(28)26-15-20-6-8-22(9-7-20)25(29)32-5/h6-9,14,21H,10-13,15H2,1-5H3,(H,26,28). The van der Waals surface area contributed by atoms with Crippen LogP contribution in [0.1, 0.15) is 51.0 Å². The molecule has 0 radical (unpaired) electrons. The molecule has 2 aromatic carbocycles. The zero-order valence-corrected chi connectivity index (χ0v) is 20.7. The number of esters is 1. The van der Waals surface area contributed by atoms with Gasteiger partial charge in [0.2, 0.25) is 15.9 Å². The zero-order valence-electron chi connectivity index (χ0n) is 19.9. The van der Waals surface area contributed by atoms with Gasteiger partial charge < -0.3 is 10.1 Å². The summed E-state index contributed by atoms with van der Waals surface area (Å²) in [6.45, 7) is 8.56. The molecule has 0 saturated carbocycles. The number of nitrogens with zero attached hydrogens (tertiary/aromatic N) is 1. The fourth-order valence-electron chi connectivity index (χ4n) is 4.27. The van der Waals surface area contributed by atoms with Gasteiger partial charge in [0, 0.05) is 25.6 Å². The average Bonchev–Trinajstić information content (AvgIpc) is 2.81. The van der Waals surface area contributed by atoms with Gasteiger partial charge in [-0.25, -0.2) is 13.2 Å². The fourth-order valence-corrected chi connectivity index (χ4v) is 6.31. The molecule has 0 atom stereocenters. The number of amides is 1. The molecule has 1 N–H and O–H groups in total. The summed E-state index contributed by atoms with van der Waals surface area (Å²) in [6.07, 6.45) is 0.963. The molecule has 33 heavy (non-hydrogen) atoms. The molecule has 2 aromatic rings. The van der Waals surface area contributed by atoms with E-state index < -0.39 is 16.0 Å². The van der Waals surface area contributed by atoms with Crippen LogP contribution in [0.5, 0.6) is 0 Å². The molecule has 1 saturated heterocycles. The Hall–Kier alpha value is -2.71. The highest BCUT2D eigenvalue weighted by atomic mass is 32.2. The van der Waals surface area contributed by atoms with Crippen molar-refractivity contribution in [2.75, 3.05) is 20.2 Å². The maximum atomic E-state index is 13.4. The third-order valence-electron chi connectivity index (χ3n) is 6.56. The van der Waals surface area contributed by atoms with Crippen LogP contribution >= 0.6 is 0 Å². The van der Waals surface area contributed by atoms with Gasteiger partial charge in [-0.2, -0.15) is 4.31 Å². The first-order chi connectivity index (χ1) is 15.6. The number of hydrogen-bond donors (Lipinski definition) is 1. The van der Waals surface area contributed by atoms with E-state index in [1.165, 1.54) is 11.4 Å². The fraction of sp³-hybridized carbons (Fsp3) is 0.440. The van der Waals surface area contributed by atoms with Crippen molar-refractivity contribution in [2.24, 2.45) is 5.92 Å². The van der Waals surface area contributed by atoms with Crippen molar-refractivity contribution in [3.63, 3.8) is 0 Å². The Bertz CT molecular complexity index is 1120. The monoisotopic (exact) mass is 472 g/mol. The molecular formula is C25H32N2O5S. The number of benzene rings is 2. The first-order valence-electron chi connectivity index (χ1n) is 11.1. The van der Waals surface area contributed by atoms with Crippen molar-refractivity contribution in [3.05, 3.63) is 63.7 Å². The van der Waals surface area contributed by atoms with E-state index in [4.69, 9.17) is 0 Å². The second kappa shape index (κ2) is 10.1. The molecule has 7 nitrogen and oxygen atoms in total. The SMILES string of the molecule is COC(=O)c1ccc(CNC(=O)C2CCN(S(=O)(=O)c3c(C)c(C)cc(C)c3C)CC2)cc1. The lowest BCUT2D eigenvalue weighted by Gasteiger charge is -2.31. The van der Waals surface area contributed by atoms with Crippen molar-refractivity contribution < 1.29 is 22.7 Å². The van der Waals surface area contributed by atoms with Crippen molar-refractivity contribution in [2.45, 2.75) is 52.0 Å². The number of methoxy groups -OCH3 is 1. The second-order valence-corrected chi connectivity index (χ2v) is 10.5. The topological polar surface area (TPSA) is 92.8 Å². The highest BCUT2D eigenvalue weighted by Gasteiger charge is 2.34. The highest BCUT2D eigenvalue weighted by Crippen LogP contribution is 2.31. The lowest BCUT2D eigenvalue weighted by atomic mass is 9.97. The molecule has 1 aliphatic rings. The summed E-state index contributed by atoms with van der Waals surface area (Å²) in [6, 6.07) is 8.89. The van der Waals surface area contributed by atoms with Crippen LogP contribution < -0.4 is 5.32 Å². The van der Waals surface area contributed by atoms with Crippen molar-refractivity contribution in [1.82, 2.24) is 9.62 Å². The highest BCUT2D eigenvalue weighted by molar-refractivity contribution is 7.89. The molecule has 1 aliphatic heterocycles. The molecule has 0 unspecified atom stereocenters. The number of sulfonamides is 1. The van der Waals surface area contributed by atoms with Gasteiger partial charge >= 0.3 is 5.97 Å². The molecule has 1 fully saturated rings. The van der Waals surface area contributed by atoms with Crippen LogP contribution in [0.15, 0.2) is 35.2 Å². The summed E-state index contributed by atoms with van der Waals surface area (Å²) in [5.74, 6) is -0.714. The van der Waals surface area contributed by atoms with Crippen molar-refractivity contribution in [3.8, 4) is 0 Å². The molecule has 0 aromatic heterocycles. The minimum absolute atomic E-state index is 0.0807. The van der Waals surface area contributed by atoms with Crippen molar-refractivity contribution >= 4 is 21.9 Å². The molecule has 8 heteroatoms. The number of nitrogens with one attached hydrogen (secondary N) is 1. The van der Waals surface area contributed by atoms with Gasteiger partial charge in [-0.3, -0.25) is 4.79 Å². The summed E-state index contributed by atoms with van der Waals surface area (Å²) in [7, 11) is -2.29. The van der Waals surface area contributed by atoms with E-state index in [0.717, 1.165) is 27.8 Å². The zero-order chi connectivity index (χ0) is 24.3. The van der Waals surface area contributed by atoms with Gasteiger partial charge in [0.05, 0.1) is 17.6 Å². The van der Waals surface area contributed by atoms with E-state index in [-0.39, 0.29) is 11.8 Å². The number of carbonyl (C=O) groups is 2. The number of ether oxygens (including phenoxy) is 1. The maximum absolute atomic E-state index is 13.4. The van der Waals surface area contributed by atoms with Crippen molar-refractivity contribution in [1.29, 1.82) is 0 Å². The van der Waals surface area contributed by atoms with E-state index >= 15 is 0 Å². The first-order valence-corrected chi connectivity index (χ1v) is 12.5. The smallest absolute Gasteiger partial charge is 0.337 e. The van der Waals surface area contributed by atoms with Gasteiger partial charge in [0.15, 0.2) is 0 Å². The Morgan fingerprint density at radius 1 is 1.00 bits per heavy atom. The minimum atomic E-state index is -3.62. The Labute approximate surface area is 196 Å². The third-order valence-corrected chi connectivity index (χ3v) is 8.73. The van der Waals surface area contributed by atoms with Crippen LogP contribution in [0.25, 0.3) is 0 Å². The number of hydrogen-bond acceptors (Lipinski definition) is 5. The molecule has 0 aliphatic carbocycles. The molecule has 1 heterocycles. The minimum Gasteiger partial charge on any atom is -0.465 e. The van der Waals surface area contributed by atoms with E-state index in [1.807, 2.05) is 33.8 Å². The van der Waals surface area contributed by atoms with E-state index in [0.29, 0.717) is 42.9 Å². The summed E-state index contributed by atoms with van der Waals surface area (Å²) in [5, 5.41) is 2.93. The van der Waals surface area contributed by atoms with E-state index in [1.54, 1.807) is 24.3 Å². The predicted molar refractivity (Wildman–Crippen MR) is 127 cm³/mol. The summed E-state index contributed by atoms with van der Waals surface area (Å²) in [5.41, 5.74) is 4.83. The first kappa shape index (κ1) is 24.9. The Morgan fingerprint density at radius 2 is 1.55 bits per heavy atom. The van der Waals surface area contributed by atoms with Crippen LogP contribution in [0, 0.1) is 33.6 Å². The Morgan fingerprint density at radius 3 is 2.06 bits per heavy atom. The number of piperidine rings is 1. The summed E-state index contributed by atoms with van der Waals surface area (Å²) in [4.78, 5) is 24.6. The summed E-state index contributed by atoms with van der Waals surface area (Å²) >= 11 is 0. The van der Waals surface area contributed by atoms with Gasteiger partial charge in [0.25, 0.3) is 0 Å².